The van der Waals surface area contributed by atoms with Gasteiger partial charge in [-0.1, -0.05) is 23.5 Å². The van der Waals surface area contributed by atoms with Crippen LogP contribution in [0.25, 0.3) is 10.2 Å². The minimum absolute atomic E-state index is 0.162. The maximum absolute atomic E-state index is 10.7. The summed E-state index contributed by atoms with van der Waals surface area (Å²) in [5, 5.41) is 0. The van der Waals surface area contributed by atoms with Crippen molar-refractivity contribution in [1.82, 2.24) is 0 Å². The quantitative estimate of drug-likeness (QED) is 0.385. The molecule has 1 aromatic heterocycles. The SMILES string of the molecule is CSc1sc2ccccc2[n+]1CCCCS(=O)(=O)O. The molecule has 0 radical (unpaired) electrons. The highest BCUT2D eigenvalue weighted by atomic mass is 32.2. The Hall–Kier alpha value is -0.630. The fraction of sp³-hybridized carbons (Fsp3) is 0.417. The van der Waals surface area contributed by atoms with E-state index in [0.29, 0.717) is 6.42 Å². The first-order valence-corrected chi connectivity index (χ1v) is 9.57. The summed E-state index contributed by atoms with van der Waals surface area (Å²) >= 11 is 3.44. The highest BCUT2D eigenvalue weighted by molar-refractivity contribution is 8.00. The van der Waals surface area contributed by atoms with Crippen LogP contribution in [0.3, 0.4) is 0 Å². The van der Waals surface area contributed by atoms with E-state index in [1.165, 1.54) is 14.6 Å². The molecule has 1 N–H and O–H groups in total. The van der Waals surface area contributed by atoms with E-state index in [4.69, 9.17) is 4.55 Å². The summed E-state index contributed by atoms with van der Waals surface area (Å²) in [6.45, 7) is 0.774. The Balaban J connectivity index is 2.11. The van der Waals surface area contributed by atoms with E-state index in [2.05, 4.69) is 16.7 Å². The van der Waals surface area contributed by atoms with Crippen molar-refractivity contribution >= 4 is 43.4 Å². The second-order valence-corrected chi connectivity index (χ2v) is 7.84. The van der Waals surface area contributed by atoms with Crippen LogP contribution in [-0.4, -0.2) is 25.0 Å². The topological polar surface area (TPSA) is 58.2 Å². The van der Waals surface area contributed by atoms with Gasteiger partial charge < -0.3 is 0 Å². The molecule has 0 spiro atoms. The summed E-state index contributed by atoms with van der Waals surface area (Å²) in [6.07, 6.45) is 3.25. The number of benzene rings is 1. The van der Waals surface area contributed by atoms with Crippen molar-refractivity contribution in [2.75, 3.05) is 12.0 Å². The molecule has 104 valence electrons. The number of hydrogen-bond donors (Lipinski definition) is 1. The smallest absolute Gasteiger partial charge is 0.286 e. The van der Waals surface area contributed by atoms with Crippen molar-refractivity contribution in [3.05, 3.63) is 24.3 Å². The molecule has 4 nitrogen and oxygen atoms in total. The van der Waals surface area contributed by atoms with E-state index in [1.807, 2.05) is 18.4 Å². The highest BCUT2D eigenvalue weighted by Gasteiger charge is 2.19. The Morgan fingerprint density at radius 3 is 2.74 bits per heavy atom. The first kappa shape index (κ1) is 14.8. The molecule has 0 saturated heterocycles. The van der Waals surface area contributed by atoms with Gasteiger partial charge in [0.25, 0.3) is 14.5 Å². The molecule has 0 bridgehead atoms. The molecule has 0 aliphatic heterocycles. The van der Waals surface area contributed by atoms with Gasteiger partial charge in [0, 0.05) is 12.5 Å². The predicted octanol–water partition coefficient (Wildman–Crippen LogP) is 2.58. The summed E-state index contributed by atoms with van der Waals surface area (Å²) in [5.74, 6) is -0.162. The number of fused-ring (bicyclic) bond motifs is 1. The Bertz CT molecular complexity index is 664. The van der Waals surface area contributed by atoms with Crippen LogP contribution in [0.1, 0.15) is 12.8 Å². The van der Waals surface area contributed by atoms with Crippen LogP contribution in [0, 0.1) is 0 Å². The number of hydrogen-bond acceptors (Lipinski definition) is 4. The fourth-order valence-electron chi connectivity index (χ4n) is 1.93. The van der Waals surface area contributed by atoms with E-state index in [0.717, 1.165) is 13.0 Å². The van der Waals surface area contributed by atoms with Crippen molar-refractivity contribution in [3.8, 4) is 0 Å². The number of nitrogens with zero attached hydrogens (tertiary/aromatic N) is 1. The minimum atomic E-state index is -3.84. The Labute approximate surface area is 121 Å². The van der Waals surface area contributed by atoms with Gasteiger partial charge in [0.05, 0.1) is 5.75 Å². The van der Waals surface area contributed by atoms with Gasteiger partial charge in [-0.2, -0.15) is 13.0 Å². The molecule has 1 heterocycles. The van der Waals surface area contributed by atoms with Crippen LogP contribution in [0.4, 0.5) is 0 Å². The van der Waals surface area contributed by atoms with Gasteiger partial charge in [-0.05, 0) is 30.5 Å². The fourth-order valence-corrected chi connectivity index (χ4v) is 4.43. The van der Waals surface area contributed by atoms with Gasteiger partial charge in [0.1, 0.15) is 4.70 Å². The van der Waals surface area contributed by atoms with Crippen molar-refractivity contribution in [3.63, 3.8) is 0 Å². The zero-order valence-corrected chi connectivity index (χ0v) is 13.0. The second kappa shape index (κ2) is 6.21. The molecule has 0 atom stereocenters. The molecule has 2 rings (SSSR count). The number of aromatic nitrogens is 1. The molecule has 0 unspecified atom stereocenters. The zero-order chi connectivity index (χ0) is 13.9. The molecular weight excluding hydrogens is 302 g/mol. The summed E-state index contributed by atoms with van der Waals surface area (Å²) in [6, 6.07) is 8.20. The number of rotatable bonds is 6. The van der Waals surface area contributed by atoms with Gasteiger partial charge in [0.2, 0.25) is 5.52 Å². The first-order valence-electron chi connectivity index (χ1n) is 5.92. The lowest BCUT2D eigenvalue weighted by atomic mass is 10.3. The number of thiazole rings is 1. The van der Waals surface area contributed by atoms with Gasteiger partial charge in [-0.25, -0.2) is 0 Å². The monoisotopic (exact) mass is 318 g/mol. The number of unbranched alkanes of at least 4 members (excludes halogenated alkanes) is 1. The number of aryl methyl sites for hydroxylation is 1. The van der Waals surface area contributed by atoms with Crippen LogP contribution in [-0.2, 0) is 16.7 Å². The average Bonchev–Trinajstić information content (AvgIpc) is 2.71. The van der Waals surface area contributed by atoms with Crippen molar-refractivity contribution in [1.29, 1.82) is 0 Å². The van der Waals surface area contributed by atoms with E-state index >= 15 is 0 Å². The number of thioether (sulfide) groups is 1. The maximum Gasteiger partial charge on any atom is 0.298 e. The molecule has 0 aliphatic rings. The van der Waals surface area contributed by atoms with Gasteiger partial charge in [-0.3, -0.25) is 4.55 Å². The highest BCUT2D eigenvalue weighted by Crippen LogP contribution is 2.26. The zero-order valence-electron chi connectivity index (χ0n) is 10.6. The van der Waals surface area contributed by atoms with Gasteiger partial charge in [-0.15, -0.1) is 0 Å². The van der Waals surface area contributed by atoms with E-state index in [-0.39, 0.29) is 5.75 Å². The minimum Gasteiger partial charge on any atom is -0.286 e. The summed E-state index contributed by atoms with van der Waals surface area (Å²) in [5.41, 5.74) is 1.18. The summed E-state index contributed by atoms with van der Waals surface area (Å²) < 4.78 is 34.7. The molecule has 7 heteroatoms. The van der Waals surface area contributed by atoms with Crippen LogP contribution in [0.5, 0.6) is 0 Å². The van der Waals surface area contributed by atoms with Crippen LogP contribution in [0.15, 0.2) is 28.6 Å². The summed E-state index contributed by atoms with van der Waals surface area (Å²) in [4.78, 5) is 0. The average molecular weight is 318 g/mol. The predicted molar refractivity (Wildman–Crippen MR) is 79.5 cm³/mol. The van der Waals surface area contributed by atoms with Crippen LogP contribution >= 0.6 is 23.1 Å². The van der Waals surface area contributed by atoms with Crippen molar-refractivity contribution in [2.45, 2.75) is 23.7 Å². The standard InChI is InChI=1S/C12H15NO3S3/c1-17-12-13(8-4-5-9-19(14,15)16)10-6-2-3-7-11(10)18-12/h2-3,6-7H,4-5,8-9H2,1H3/p+1. The third-order valence-electron chi connectivity index (χ3n) is 2.78. The van der Waals surface area contributed by atoms with Crippen molar-refractivity contribution < 1.29 is 17.5 Å². The summed E-state index contributed by atoms with van der Waals surface area (Å²) in [7, 11) is -3.84. The molecule has 0 saturated carbocycles. The van der Waals surface area contributed by atoms with Crippen molar-refractivity contribution in [2.24, 2.45) is 0 Å². The molecular formula is C12H16NO3S3+. The lowest BCUT2D eigenvalue weighted by molar-refractivity contribution is -0.702. The third-order valence-corrected chi connectivity index (χ3v) is 5.87. The largest absolute Gasteiger partial charge is 0.298 e. The first-order chi connectivity index (χ1) is 9.01. The molecule has 1 aromatic carbocycles. The molecule has 0 amide bonds. The number of para-hydroxylation sites is 1. The second-order valence-electron chi connectivity index (χ2n) is 4.18. The third kappa shape index (κ3) is 3.92. The maximum atomic E-state index is 10.7. The Morgan fingerprint density at radius 2 is 2.05 bits per heavy atom. The Kier molecular flexibility index (Phi) is 4.83. The normalized spacial score (nSPS) is 12.1. The van der Waals surface area contributed by atoms with Crippen LogP contribution in [0.2, 0.25) is 0 Å². The van der Waals surface area contributed by atoms with E-state index in [9.17, 15) is 8.42 Å². The molecule has 0 aliphatic carbocycles. The van der Waals surface area contributed by atoms with E-state index in [1.54, 1.807) is 23.1 Å². The lowest BCUT2D eigenvalue weighted by Gasteiger charge is -1.98. The Morgan fingerprint density at radius 1 is 1.32 bits per heavy atom. The lowest BCUT2D eigenvalue weighted by Crippen LogP contribution is -2.34. The molecule has 0 fully saturated rings. The van der Waals surface area contributed by atoms with E-state index < -0.39 is 10.1 Å². The van der Waals surface area contributed by atoms with Crippen LogP contribution < -0.4 is 4.57 Å². The molecule has 19 heavy (non-hydrogen) atoms. The molecule has 2 aromatic rings. The van der Waals surface area contributed by atoms with Gasteiger partial charge >= 0.3 is 0 Å². The van der Waals surface area contributed by atoms with Gasteiger partial charge in [0.15, 0.2) is 6.54 Å².